The molecule has 0 bridgehead atoms. The van der Waals surface area contributed by atoms with Crippen molar-refractivity contribution in [1.29, 1.82) is 0 Å². The lowest BCUT2D eigenvalue weighted by Gasteiger charge is -2.40. The van der Waals surface area contributed by atoms with Crippen molar-refractivity contribution in [2.45, 2.75) is 19.3 Å². The first-order chi connectivity index (χ1) is 11.7. The summed E-state index contributed by atoms with van der Waals surface area (Å²) in [5.74, 6) is 3.25. The summed E-state index contributed by atoms with van der Waals surface area (Å²) in [6.07, 6.45) is 5.24. The fourth-order valence-electron chi connectivity index (χ4n) is 3.27. The standard InChI is InChI=1S/C17H23N7/c1-23(2)17-18-7-6-15(20-17)19-9-12-10-24(11-12)16-8-13-4-3-5-14(13)21-22-16/h6-8,12H,3-5,9-11H2,1-2H3,(H,18,19,20). The molecule has 7 nitrogen and oxygen atoms in total. The number of anilines is 3. The highest BCUT2D eigenvalue weighted by Gasteiger charge is 2.28. The lowest BCUT2D eigenvalue weighted by atomic mass is 10.00. The Labute approximate surface area is 142 Å². The molecule has 2 aromatic rings. The Kier molecular flexibility index (Phi) is 3.92. The fourth-order valence-corrected chi connectivity index (χ4v) is 3.27. The quantitative estimate of drug-likeness (QED) is 0.890. The second-order valence-corrected chi connectivity index (χ2v) is 6.82. The van der Waals surface area contributed by atoms with Crippen LogP contribution in [-0.4, -0.2) is 53.9 Å². The molecule has 1 aliphatic heterocycles. The molecular formula is C17H23N7. The molecule has 0 amide bonds. The van der Waals surface area contributed by atoms with Gasteiger partial charge in [0, 0.05) is 45.8 Å². The molecule has 2 aliphatic rings. The summed E-state index contributed by atoms with van der Waals surface area (Å²) in [6.45, 7) is 2.96. The minimum absolute atomic E-state index is 0.609. The second kappa shape index (κ2) is 6.22. The van der Waals surface area contributed by atoms with Gasteiger partial charge in [-0.1, -0.05) is 0 Å². The Bertz CT molecular complexity index is 725. The van der Waals surface area contributed by atoms with E-state index in [0.717, 1.165) is 50.1 Å². The summed E-state index contributed by atoms with van der Waals surface area (Å²) in [7, 11) is 3.89. The third kappa shape index (κ3) is 2.98. The van der Waals surface area contributed by atoms with Crippen LogP contribution in [0.5, 0.6) is 0 Å². The zero-order valence-corrected chi connectivity index (χ0v) is 14.2. The van der Waals surface area contributed by atoms with Crippen molar-refractivity contribution < 1.29 is 0 Å². The molecule has 4 rings (SSSR count). The van der Waals surface area contributed by atoms with Gasteiger partial charge in [-0.15, -0.1) is 5.10 Å². The van der Waals surface area contributed by atoms with Gasteiger partial charge in [0.05, 0.1) is 5.69 Å². The molecule has 1 N–H and O–H groups in total. The summed E-state index contributed by atoms with van der Waals surface area (Å²) in [5.41, 5.74) is 2.58. The maximum atomic E-state index is 4.49. The molecule has 0 aromatic carbocycles. The lowest BCUT2D eigenvalue weighted by Crippen LogP contribution is -2.50. The van der Waals surface area contributed by atoms with Crippen molar-refractivity contribution in [3.63, 3.8) is 0 Å². The molecule has 1 fully saturated rings. The molecule has 0 atom stereocenters. The monoisotopic (exact) mass is 325 g/mol. The van der Waals surface area contributed by atoms with E-state index in [1.165, 1.54) is 17.7 Å². The highest BCUT2D eigenvalue weighted by atomic mass is 15.3. The van der Waals surface area contributed by atoms with Crippen LogP contribution in [0.3, 0.4) is 0 Å². The molecule has 3 heterocycles. The fraction of sp³-hybridized carbons (Fsp3) is 0.529. The SMILES string of the molecule is CN(C)c1nccc(NCC2CN(c3cc4c(nn3)CCC4)C2)n1. The predicted molar refractivity (Wildman–Crippen MR) is 94.6 cm³/mol. The van der Waals surface area contributed by atoms with Gasteiger partial charge < -0.3 is 15.1 Å². The first-order valence-corrected chi connectivity index (χ1v) is 8.54. The van der Waals surface area contributed by atoms with E-state index in [1.54, 1.807) is 6.20 Å². The van der Waals surface area contributed by atoms with Gasteiger partial charge in [0.2, 0.25) is 5.95 Å². The largest absolute Gasteiger partial charge is 0.369 e. The zero-order chi connectivity index (χ0) is 16.5. The third-order valence-corrected chi connectivity index (χ3v) is 4.70. The van der Waals surface area contributed by atoms with Gasteiger partial charge in [-0.3, -0.25) is 0 Å². The summed E-state index contributed by atoms with van der Waals surface area (Å²) in [5, 5.41) is 12.2. The smallest absolute Gasteiger partial charge is 0.226 e. The van der Waals surface area contributed by atoms with Crippen LogP contribution < -0.4 is 15.1 Å². The number of rotatable bonds is 5. The van der Waals surface area contributed by atoms with E-state index in [1.807, 2.05) is 25.1 Å². The molecule has 0 saturated carbocycles. The topological polar surface area (TPSA) is 70.1 Å². The van der Waals surface area contributed by atoms with Gasteiger partial charge in [0.25, 0.3) is 0 Å². The molecule has 1 saturated heterocycles. The maximum absolute atomic E-state index is 4.49. The van der Waals surface area contributed by atoms with Crippen molar-refractivity contribution in [1.82, 2.24) is 20.2 Å². The molecule has 24 heavy (non-hydrogen) atoms. The van der Waals surface area contributed by atoms with Crippen molar-refractivity contribution in [3.05, 3.63) is 29.6 Å². The number of hydrogen-bond acceptors (Lipinski definition) is 7. The number of aryl methyl sites for hydroxylation is 2. The number of fused-ring (bicyclic) bond motifs is 1. The van der Waals surface area contributed by atoms with Crippen LogP contribution in [-0.2, 0) is 12.8 Å². The van der Waals surface area contributed by atoms with Crippen molar-refractivity contribution in [2.24, 2.45) is 5.92 Å². The molecule has 2 aromatic heterocycles. The van der Waals surface area contributed by atoms with Gasteiger partial charge in [0.1, 0.15) is 5.82 Å². The summed E-state index contributed by atoms with van der Waals surface area (Å²) < 4.78 is 0. The molecule has 0 unspecified atom stereocenters. The summed E-state index contributed by atoms with van der Waals surface area (Å²) in [6, 6.07) is 4.14. The molecule has 7 heteroatoms. The van der Waals surface area contributed by atoms with Crippen molar-refractivity contribution in [3.8, 4) is 0 Å². The van der Waals surface area contributed by atoms with E-state index in [9.17, 15) is 0 Å². The Morgan fingerprint density at radius 1 is 1.25 bits per heavy atom. The van der Waals surface area contributed by atoms with Crippen molar-refractivity contribution >= 4 is 17.6 Å². The minimum atomic E-state index is 0.609. The van der Waals surface area contributed by atoms with Crippen LogP contribution >= 0.6 is 0 Å². The Balaban J connectivity index is 1.30. The average Bonchev–Trinajstić information content (AvgIpc) is 3.01. The molecule has 1 aliphatic carbocycles. The van der Waals surface area contributed by atoms with E-state index < -0.39 is 0 Å². The van der Waals surface area contributed by atoms with Gasteiger partial charge >= 0.3 is 0 Å². The van der Waals surface area contributed by atoms with E-state index in [-0.39, 0.29) is 0 Å². The summed E-state index contributed by atoms with van der Waals surface area (Å²) >= 11 is 0. The Morgan fingerprint density at radius 3 is 2.96 bits per heavy atom. The number of nitrogens with one attached hydrogen (secondary N) is 1. The zero-order valence-electron chi connectivity index (χ0n) is 14.2. The normalized spacial score (nSPS) is 16.7. The lowest BCUT2D eigenvalue weighted by molar-refractivity contribution is 0.425. The molecule has 0 radical (unpaired) electrons. The Morgan fingerprint density at radius 2 is 2.12 bits per heavy atom. The Hall–Kier alpha value is -2.44. The highest BCUT2D eigenvalue weighted by molar-refractivity contribution is 5.46. The first kappa shape index (κ1) is 15.1. The van der Waals surface area contributed by atoms with Gasteiger partial charge in [-0.05, 0) is 37.0 Å². The second-order valence-electron chi connectivity index (χ2n) is 6.82. The number of hydrogen-bond donors (Lipinski definition) is 1. The third-order valence-electron chi connectivity index (χ3n) is 4.70. The predicted octanol–water partition coefficient (Wildman–Crippen LogP) is 1.37. The van der Waals surface area contributed by atoms with Crippen LogP contribution in [0, 0.1) is 5.92 Å². The van der Waals surface area contributed by atoms with E-state index in [4.69, 9.17) is 0 Å². The minimum Gasteiger partial charge on any atom is -0.369 e. The molecular weight excluding hydrogens is 302 g/mol. The first-order valence-electron chi connectivity index (χ1n) is 8.54. The van der Waals surface area contributed by atoms with E-state index >= 15 is 0 Å². The molecule has 126 valence electrons. The number of aromatic nitrogens is 4. The van der Waals surface area contributed by atoms with Crippen LogP contribution in [0.4, 0.5) is 17.6 Å². The van der Waals surface area contributed by atoms with E-state index in [2.05, 4.69) is 36.4 Å². The summed E-state index contributed by atoms with van der Waals surface area (Å²) in [4.78, 5) is 12.9. The maximum Gasteiger partial charge on any atom is 0.226 e. The van der Waals surface area contributed by atoms with Gasteiger partial charge in [-0.2, -0.15) is 10.1 Å². The molecule has 0 spiro atoms. The van der Waals surface area contributed by atoms with Gasteiger partial charge in [-0.25, -0.2) is 4.98 Å². The van der Waals surface area contributed by atoms with Crippen LogP contribution in [0.2, 0.25) is 0 Å². The number of nitrogens with zero attached hydrogens (tertiary/aromatic N) is 6. The van der Waals surface area contributed by atoms with Crippen molar-refractivity contribution in [2.75, 3.05) is 48.8 Å². The van der Waals surface area contributed by atoms with E-state index in [0.29, 0.717) is 5.92 Å². The highest BCUT2D eigenvalue weighted by Crippen LogP contribution is 2.27. The average molecular weight is 325 g/mol. The van der Waals surface area contributed by atoms with Crippen LogP contribution in [0.1, 0.15) is 17.7 Å². The van der Waals surface area contributed by atoms with Crippen LogP contribution in [0.15, 0.2) is 18.3 Å². The van der Waals surface area contributed by atoms with Crippen LogP contribution in [0.25, 0.3) is 0 Å². The van der Waals surface area contributed by atoms with Gasteiger partial charge in [0.15, 0.2) is 5.82 Å².